The molecule has 0 aliphatic carbocycles. The van der Waals surface area contributed by atoms with Gasteiger partial charge in [0.15, 0.2) is 0 Å². The molecular weight excluding hydrogens is 220 g/mol. The number of aromatic carboxylic acids is 1. The van der Waals surface area contributed by atoms with Crippen molar-refractivity contribution in [1.29, 1.82) is 0 Å². The second-order valence-corrected chi connectivity index (χ2v) is 3.45. The number of hydrogen-bond acceptors (Lipinski definition) is 3. The summed E-state index contributed by atoms with van der Waals surface area (Å²) in [5.74, 6) is -1.18. The number of carboxylic acids is 1. The molecule has 5 heteroatoms. The lowest BCUT2D eigenvalue weighted by molar-refractivity contribution is -0.118. The lowest BCUT2D eigenvalue weighted by atomic mass is 10.1. The van der Waals surface area contributed by atoms with Crippen molar-refractivity contribution in [2.75, 3.05) is 12.3 Å². The first-order valence-electron chi connectivity index (χ1n) is 5.05. The van der Waals surface area contributed by atoms with Crippen LogP contribution in [-0.4, -0.2) is 23.5 Å². The quantitative estimate of drug-likeness (QED) is 0.680. The number of benzene rings is 1. The highest BCUT2D eigenvalue weighted by Crippen LogP contribution is 2.18. The van der Waals surface area contributed by atoms with Gasteiger partial charge < -0.3 is 16.2 Å². The van der Waals surface area contributed by atoms with Crippen LogP contribution in [0.1, 0.15) is 22.8 Å². The van der Waals surface area contributed by atoms with Gasteiger partial charge in [-0.1, -0.05) is 18.2 Å². The highest BCUT2D eigenvalue weighted by atomic mass is 16.4. The van der Waals surface area contributed by atoms with E-state index >= 15 is 0 Å². The molecule has 0 fully saturated rings. The molecule has 1 rings (SSSR count). The minimum absolute atomic E-state index is 0.143. The van der Waals surface area contributed by atoms with Crippen molar-refractivity contribution >= 4 is 23.6 Å². The summed E-state index contributed by atoms with van der Waals surface area (Å²) >= 11 is 0. The molecule has 0 bridgehead atoms. The van der Waals surface area contributed by atoms with Gasteiger partial charge in [-0.2, -0.15) is 0 Å². The van der Waals surface area contributed by atoms with Crippen LogP contribution in [0.4, 0.5) is 5.69 Å². The monoisotopic (exact) mass is 234 g/mol. The number of hydrogen-bond donors (Lipinski definition) is 3. The molecule has 0 spiro atoms. The first-order valence-corrected chi connectivity index (χ1v) is 5.05. The zero-order valence-electron chi connectivity index (χ0n) is 9.43. The van der Waals surface area contributed by atoms with Crippen LogP contribution in [0.5, 0.6) is 0 Å². The Balaban J connectivity index is 2.89. The average Bonchev–Trinajstić information content (AvgIpc) is 2.25. The molecule has 0 heterocycles. The highest BCUT2D eigenvalue weighted by molar-refractivity contribution is 5.94. The Labute approximate surface area is 98.9 Å². The third-order valence-corrected chi connectivity index (χ3v) is 2.12. The molecule has 0 saturated heterocycles. The fourth-order valence-electron chi connectivity index (χ4n) is 1.33. The van der Waals surface area contributed by atoms with E-state index in [1.165, 1.54) is 13.0 Å². The zero-order chi connectivity index (χ0) is 12.8. The van der Waals surface area contributed by atoms with Crippen molar-refractivity contribution in [2.45, 2.75) is 6.92 Å². The number of carboxylic acid groups (broad SMARTS) is 1. The van der Waals surface area contributed by atoms with Crippen molar-refractivity contribution in [2.24, 2.45) is 0 Å². The van der Waals surface area contributed by atoms with Gasteiger partial charge in [0.2, 0.25) is 5.91 Å². The fourth-order valence-corrected chi connectivity index (χ4v) is 1.33. The van der Waals surface area contributed by atoms with E-state index in [0.29, 0.717) is 17.8 Å². The number of nitrogens with two attached hydrogens (primary N) is 1. The predicted octanol–water partition coefficient (Wildman–Crippen LogP) is 1.12. The van der Waals surface area contributed by atoms with Gasteiger partial charge in [0.1, 0.15) is 0 Å². The normalized spacial score (nSPS) is 10.4. The maximum atomic E-state index is 11.0. The Morgan fingerprint density at radius 3 is 2.76 bits per heavy atom. The second-order valence-electron chi connectivity index (χ2n) is 3.45. The SMILES string of the molecule is CC(=O)NCC=Cc1c(N)cccc1C(=O)O. The first kappa shape index (κ1) is 12.8. The summed E-state index contributed by atoms with van der Waals surface area (Å²) in [6.45, 7) is 1.75. The van der Waals surface area contributed by atoms with E-state index in [2.05, 4.69) is 5.32 Å². The molecule has 0 saturated carbocycles. The maximum Gasteiger partial charge on any atom is 0.336 e. The summed E-state index contributed by atoms with van der Waals surface area (Å²) in [5, 5.41) is 11.5. The summed E-state index contributed by atoms with van der Waals surface area (Å²) in [4.78, 5) is 21.6. The van der Waals surface area contributed by atoms with Crippen LogP contribution in [0, 0.1) is 0 Å². The van der Waals surface area contributed by atoms with E-state index in [4.69, 9.17) is 10.8 Å². The molecule has 5 nitrogen and oxygen atoms in total. The Morgan fingerprint density at radius 2 is 2.18 bits per heavy atom. The van der Waals surface area contributed by atoms with Crippen molar-refractivity contribution in [1.82, 2.24) is 5.32 Å². The van der Waals surface area contributed by atoms with E-state index in [0.717, 1.165) is 0 Å². The third-order valence-electron chi connectivity index (χ3n) is 2.12. The van der Waals surface area contributed by atoms with Crippen molar-refractivity contribution in [3.8, 4) is 0 Å². The Hall–Kier alpha value is -2.30. The fraction of sp³-hybridized carbons (Fsp3) is 0.167. The summed E-state index contributed by atoms with van der Waals surface area (Å²) in [7, 11) is 0. The van der Waals surface area contributed by atoms with E-state index in [1.54, 1.807) is 24.3 Å². The lowest BCUT2D eigenvalue weighted by Gasteiger charge is -2.04. The molecule has 1 aromatic carbocycles. The van der Waals surface area contributed by atoms with Crippen LogP contribution < -0.4 is 11.1 Å². The number of carbonyl (C=O) groups is 2. The third kappa shape index (κ3) is 3.64. The van der Waals surface area contributed by atoms with Gasteiger partial charge in [-0.05, 0) is 12.1 Å². The van der Waals surface area contributed by atoms with Crippen molar-refractivity contribution < 1.29 is 14.7 Å². The largest absolute Gasteiger partial charge is 0.478 e. The molecule has 0 unspecified atom stereocenters. The van der Waals surface area contributed by atoms with Gasteiger partial charge in [0.05, 0.1) is 5.56 Å². The number of nitrogens with one attached hydrogen (secondary N) is 1. The Morgan fingerprint density at radius 1 is 1.47 bits per heavy atom. The molecule has 0 atom stereocenters. The molecule has 1 amide bonds. The number of nitrogen functional groups attached to an aromatic ring is 1. The highest BCUT2D eigenvalue weighted by Gasteiger charge is 2.09. The molecule has 0 radical (unpaired) electrons. The van der Waals surface area contributed by atoms with Crippen molar-refractivity contribution in [3.63, 3.8) is 0 Å². The molecule has 1 aromatic rings. The minimum atomic E-state index is -1.03. The van der Waals surface area contributed by atoms with Crippen LogP contribution in [0.25, 0.3) is 6.08 Å². The van der Waals surface area contributed by atoms with Crippen LogP contribution in [0.3, 0.4) is 0 Å². The predicted molar refractivity (Wildman–Crippen MR) is 65.5 cm³/mol. The molecule has 0 aliphatic rings. The van der Waals surface area contributed by atoms with E-state index in [1.807, 2.05) is 0 Å². The summed E-state index contributed by atoms with van der Waals surface area (Å²) in [6.07, 6.45) is 3.24. The summed E-state index contributed by atoms with van der Waals surface area (Å²) in [6, 6.07) is 4.70. The van der Waals surface area contributed by atoms with Crippen LogP contribution in [0.2, 0.25) is 0 Å². The molecule has 17 heavy (non-hydrogen) atoms. The number of amides is 1. The zero-order valence-corrected chi connectivity index (χ0v) is 9.43. The standard InChI is InChI=1S/C12H14N2O3/c1-8(15)14-7-3-5-9-10(12(16)17)4-2-6-11(9)13/h2-6H,7,13H2,1H3,(H,14,15)(H,16,17). The van der Waals surface area contributed by atoms with Gasteiger partial charge in [0, 0.05) is 24.7 Å². The first-order chi connectivity index (χ1) is 8.02. The minimum Gasteiger partial charge on any atom is -0.478 e. The van der Waals surface area contributed by atoms with Gasteiger partial charge >= 0.3 is 5.97 Å². The Kier molecular flexibility index (Phi) is 4.28. The van der Waals surface area contributed by atoms with Gasteiger partial charge in [-0.25, -0.2) is 4.79 Å². The second kappa shape index (κ2) is 5.69. The molecule has 0 aromatic heterocycles. The van der Waals surface area contributed by atoms with Gasteiger partial charge in [-0.3, -0.25) is 4.79 Å². The van der Waals surface area contributed by atoms with Crippen LogP contribution >= 0.6 is 0 Å². The van der Waals surface area contributed by atoms with Gasteiger partial charge in [0.25, 0.3) is 0 Å². The van der Waals surface area contributed by atoms with Crippen LogP contribution in [-0.2, 0) is 4.79 Å². The number of carbonyl (C=O) groups excluding carboxylic acids is 1. The average molecular weight is 234 g/mol. The van der Waals surface area contributed by atoms with E-state index < -0.39 is 5.97 Å². The molecule has 0 aliphatic heterocycles. The van der Waals surface area contributed by atoms with Crippen LogP contribution in [0.15, 0.2) is 24.3 Å². The lowest BCUT2D eigenvalue weighted by Crippen LogP contribution is -2.19. The smallest absolute Gasteiger partial charge is 0.336 e. The molecule has 90 valence electrons. The van der Waals surface area contributed by atoms with E-state index in [9.17, 15) is 9.59 Å². The summed E-state index contributed by atoms with van der Waals surface area (Å²) in [5.41, 5.74) is 6.68. The topological polar surface area (TPSA) is 92.4 Å². The maximum absolute atomic E-state index is 11.0. The van der Waals surface area contributed by atoms with Gasteiger partial charge in [-0.15, -0.1) is 0 Å². The Bertz CT molecular complexity index is 467. The summed E-state index contributed by atoms with van der Waals surface area (Å²) < 4.78 is 0. The van der Waals surface area contributed by atoms with Crippen molar-refractivity contribution in [3.05, 3.63) is 35.4 Å². The number of rotatable bonds is 4. The molecule has 4 N–H and O–H groups in total. The number of anilines is 1. The van der Waals surface area contributed by atoms with E-state index in [-0.39, 0.29) is 11.5 Å². The molecular formula is C12H14N2O3.